The molecular weight excluding hydrogens is 188 g/mol. The van der Waals surface area contributed by atoms with Crippen LogP contribution >= 0.6 is 0 Å². The Balaban J connectivity index is 1.88. The minimum Gasteiger partial charge on any atom is -0.356 e. The highest BCUT2D eigenvalue weighted by Crippen LogP contribution is 2.39. The Morgan fingerprint density at radius 3 is 2.73 bits per heavy atom. The van der Waals surface area contributed by atoms with E-state index >= 15 is 0 Å². The van der Waals surface area contributed by atoms with Crippen LogP contribution in [0.25, 0.3) is 0 Å². The van der Waals surface area contributed by atoms with Gasteiger partial charge >= 0.3 is 0 Å². The maximum Gasteiger partial charge on any atom is 0.164 e. The molecule has 0 radical (unpaired) electrons. The van der Waals surface area contributed by atoms with Gasteiger partial charge in [0.2, 0.25) is 0 Å². The van der Waals surface area contributed by atoms with Gasteiger partial charge in [-0.3, -0.25) is 4.79 Å². The van der Waals surface area contributed by atoms with Crippen LogP contribution in [0.1, 0.15) is 37.9 Å². The first kappa shape index (κ1) is 10.4. The number of hydrogen-bond donors (Lipinski definition) is 0. The quantitative estimate of drug-likeness (QED) is 0.690. The summed E-state index contributed by atoms with van der Waals surface area (Å²) >= 11 is 0. The number of carbonyl (C=O) groups excluding carboxylic acids is 1. The van der Waals surface area contributed by atoms with Crippen molar-refractivity contribution in [2.75, 3.05) is 0 Å². The Morgan fingerprint density at radius 1 is 1.33 bits per heavy atom. The molecule has 1 aromatic rings. The molecule has 0 unspecified atom stereocenters. The van der Waals surface area contributed by atoms with Crippen LogP contribution in [-0.4, -0.2) is 11.9 Å². The monoisotopic (exact) mass is 204 g/mol. The fraction of sp³-hybridized carbons (Fsp3) is 0.462. The molecular formula is C13H16O2. The van der Waals surface area contributed by atoms with Gasteiger partial charge in [0.05, 0.1) is 0 Å². The topological polar surface area (TPSA) is 29.6 Å². The summed E-state index contributed by atoms with van der Waals surface area (Å²) in [6, 6.07) is 9.95. The lowest BCUT2D eigenvalue weighted by molar-refractivity contribution is -0.120. The second-order valence-electron chi connectivity index (χ2n) is 3.96. The predicted octanol–water partition coefficient (Wildman–Crippen LogP) is 2.89. The molecule has 0 amide bonds. The molecule has 1 heterocycles. The Labute approximate surface area is 90.3 Å². The smallest absolute Gasteiger partial charge is 0.164 e. The van der Waals surface area contributed by atoms with Crippen LogP contribution in [0.5, 0.6) is 0 Å². The minimum atomic E-state index is -0.168. The molecule has 1 aromatic carbocycles. The van der Waals surface area contributed by atoms with Crippen LogP contribution < -0.4 is 0 Å². The number of ketones is 1. The van der Waals surface area contributed by atoms with E-state index in [0.717, 1.165) is 18.4 Å². The molecule has 1 aliphatic heterocycles. The molecule has 0 bridgehead atoms. The number of hydrogen-bond acceptors (Lipinski definition) is 2. The first-order valence-electron chi connectivity index (χ1n) is 5.56. The highest BCUT2D eigenvalue weighted by Gasteiger charge is 2.44. The highest BCUT2D eigenvalue weighted by atomic mass is 16.6. The van der Waals surface area contributed by atoms with Gasteiger partial charge < -0.3 is 4.74 Å². The van der Waals surface area contributed by atoms with Gasteiger partial charge in [0, 0.05) is 6.42 Å². The fourth-order valence-corrected chi connectivity index (χ4v) is 1.75. The van der Waals surface area contributed by atoms with Gasteiger partial charge in [-0.05, 0) is 12.0 Å². The summed E-state index contributed by atoms with van der Waals surface area (Å²) in [4.78, 5) is 11.6. The number of Topliss-reactive ketones (excluding diaryl/α,β-unsaturated/α-hetero) is 1. The van der Waals surface area contributed by atoms with Gasteiger partial charge in [-0.1, -0.05) is 43.7 Å². The van der Waals surface area contributed by atoms with E-state index in [2.05, 4.69) is 6.92 Å². The first-order chi connectivity index (χ1) is 7.33. The van der Waals surface area contributed by atoms with E-state index in [-0.39, 0.29) is 18.0 Å². The van der Waals surface area contributed by atoms with E-state index in [9.17, 15) is 4.79 Å². The zero-order valence-corrected chi connectivity index (χ0v) is 8.98. The average Bonchev–Trinajstić information content (AvgIpc) is 3.07. The van der Waals surface area contributed by atoms with Gasteiger partial charge in [-0.15, -0.1) is 0 Å². The Bertz CT molecular complexity index is 332. The predicted molar refractivity (Wildman–Crippen MR) is 58.6 cm³/mol. The first-order valence-corrected chi connectivity index (χ1v) is 5.56. The molecule has 1 saturated heterocycles. The standard InChI is InChI=1S/C13H16O2/c1-2-3-9-11(14)13-12(15-13)10-7-5-4-6-8-10/h4-8,12-13H,2-3,9H2,1H3/t12-,13+/m1/s1. The van der Waals surface area contributed by atoms with Crippen molar-refractivity contribution in [2.45, 2.75) is 38.4 Å². The molecule has 2 nitrogen and oxygen atoms in total. The molecule has 0 aliphatic carbocycles. The SMILES string of the molecule is CCCCC(=O)[C@@H]1O[C@@H]1c1ccccc1. The lowest BCUT2D eigenvalue weighted by Gasteiger charge is -1.95. The molecule has 0 spiro atoms. The van der Waals surface area contributed by atoms with E-state index in [4.69, 9.17) is 4.74 Å². The van der Waals surface area contributed by atoms with E-state index in [0.29, 0.717) is 6.42 Å². The molecule has 0 saturated carbocycles. The van der Waals surface area contributed by atoms with Crippen molar-refractivity contribution in [1.29, 1.82) is 0 Å². The van der Waals surface area contributed by atoms with Gasteiger partial charge in [-0.25, -0.2) is 0 Å². The van der Waals surface area contributed by atoms with Crippen molar-refractivity contribution in [2.24, 2.45) is 0 Å². The van der Waals surface area contributed by atoms with Crippen molar-refractivity contribution in [3.63, 3.8) is 0 Å². The summed E-state index contributed by atoms with van der Waals surface area (Å²) in [7, 11) is 0. The number of ether oxygens (including phenoxy) is 1. The number of rotatable bonds is 5. The van der Waals surface area contributed by atoms with E-state index in [1.54, 1.807) is 0 Å². The van der Waals surface area contributed by atoms with Crippen molar-refractivity contribution >= 4 is 5.78 Å². The van der Waals surface area contributed by atoms with Crippen LogP contribution in [-0.2, 0) is 9.53 Å². The number of epoxide rings is 1. The molecule has 0 aromatic heterocycles. The number of carbonyl (C=O) groups is 1. The van der Waals surface area contributed by atoms with Crippen LogP contribution in [0.2, 0.25) is 0 Å². The van der Waals surface area contributed by atoms with Gasteiger partial charge in [0.15, 0.2) is 5.78 Å². The van der Waals surface area contributed by atoms with Crippen LogP contribution in [0.15, 0.2) is 30.3 Å². The maximum atomic E-state index is 11.6. The Hall–Kier alpha value is -1.15. The Morgan fingerprint density at radius 2 is 2.07 bits per heavy atom. The zero-order valence-electron chi connectivity index (χ0n) is 8.98. The second-order valence-corrected chi connectivity index (χ2v) is 3.96. The van der Waals surface area contributed by atoms with E-state index < -0.39 is 0 Å². The largest absolute Gasteiger partial charge is 0.356 e. The lowest BCUT2D eigenvalue weighted by Crippen LogP contribution is -2.06. The molecule has 0 N–H and O–H groups in total. The number of unbranched alkanes of at least 4 members (excludes halogenated alkanes) is 1. The third kappa shape index (κ3) is 2.45. The van der Waals surface area contributed by atoms with Gasteiger partial charge in [0.25, 0.3) is 0 Å². The van der Waals surface area contributed by atoms with Gasteiger partial charge in [0.1, 0.15) is 12.2 Å². The van der Waals surface area contributed by atoms with Crippen LogP contribution in [0.4, 0.5) is 0 Å². The molecule has 2 atom stereocenters. The molecule has 2 rings (SSSR count). The maximum absolute atomic E-state index is 11.6. The Kier molecular flexibility index (Phi) is 3.17. The van der Waals surface area contributed by atoms with Crippen molar-refractivity contribution in [3.8, 4) is 0 Å². The summed E-state index contributed by atoms with van der Waals surface area (Å²) in [5.41, 5.74) is 1.12. The summed E-state index contributed by atoms with van der Waals surface area (Å²) < 4.78 is 5.41. The molecule has 80 valence electrons. The second kappa shape index (κ2) is 4.58. The molecule has 1 fully saturated rings. The highest BCUT2D eigenvalue weighted by molar-refractivity contribution is 5.86. The third-order valence-electron chi connectivity index (χ3n) is 2.71. The summed E-state index contributed by atoms with van der Waals surface area (Å²) in [5, 5.41) is 0. The van der Waals surface area contributed by atoms with Crippen LogP contribution in [0, 0.1) is 0 Å². The van der Waals surface area contributed by atoms with Crippen molar-refractivity contribution in [3.05, 3.63) is 35.9 Å². The average molecular weight is 204 g/mol. The minimum absolute atomic E-state index is 0.0237. The summed E-state index contributed by atoms with van der Waals surface area (Å²) in [6.45, 7) is 2.09. The normalized spacial score (nSPS) is 23.8. The third-order valence-corrected chi connectivity index (χ3v) is 2.71. The van der Waals surface area contributed by atoms with E-state index in [1.165, 1.54) is 0 Å². The van der Waals surface area contributed by atoms with Gasteiger partial charge in [-0.2, -0.15) is 0 Å². The van der Waals surface area contributed by atoms with Crippen molar-refractivity contribution in [1.82, 2.24) is 0 Å². The van der Waals surface area contributed by atoms with Crippen LogP contribution in [0.3, 0.4) is 0 Å². The molecule has 15 heavy (non-hydrogen) atoms. The molecule has 1 aliphatic rings. The number of benzene rings is 1. The fourth-order valence-electron chi connectivity index (χ4n) is 1.75. The zero-order chi connectivity index (χ0) is 10.7. The van der Waals surface area contributed by atoms with Crippen molar-refractivity contribution < 1.29 is 9.53 Å². The lowest BCUT2D eigenvalue weighted by atomic mass is 10.0. The van der Waals surface area contributed by atoms with E-state index in [1.807, 2.05) is 30.3 Å². The summed E-state index contributed by atoms with van der Waals surface area (Å²) in [6.07, 6.45) is 2.55. The summed E-state index contributed by atoms with van der Waals surface area (Å²) in [5.74, 6) is 0.255. The molecule has 2 heteroatoms.